The van der Waals surface area contributed by atoms with E-state index in [0.29, 0.717) is 6.54 Å². The maximum Gasteiger partial charge on any atom is 0.191 e. The minimum atomic E-state index is 0. The Kier molecular flexibility index (Phi) is 10.3. The van der Waals surface area contributed by atoms with E-state index < -0.39 is 0 Å². The summed E-state index contributed by atoms with van der Waals surface area (Å²) in [6, 6.07) is 0. The van der Waals surface area contributed by atoms with Gasteiger partial charge in [0.05, 0.1) is 0 Å². The molecule has 1 aliphatic rings. The van der Waals surface area contributed by atoms with Crippen LogP contribution in [0.2, 0.25) is 0 Å². The van der Waals surface area contributed by atoms with Crippen LogP contribution < -0.4 is 10.6 Å². The second-order valence-electron chi connectivity index (χ2n) is 6.49. The smallest absolute Gasteiger partial charge is 0.191 e. The van der Waals surface area contributed by atoms with E-state index in [4.69, 9.17) is 0 Å². The zero-order chi connectivity index (χ0) is 16.5. The van der Waals surface area contributed by atoms with E-state index in [2.05, 4.69) is 32.7 Å². The van der Waals surface area contributed by atoms with Gasteiger partial charge < -0.3 is 15.2 Å². The summed E-state index contributed by atoms with van der Waals surface area (Å²) in [5.41, 5.74) is 0. The molecule has 1 aromatic rings. The lowest BCUT2D eigenvalue weighted by Gasteiger charge is -2.21. The molecular weight excluding hydrogens is 415 g/mol. The molecule has 1 aromatic heterocycles. The first-order valence-corrected chi connectivity index (χ1v) is 9.07. The van der Waals surface area contributed by atoms with Gasteiger partial charge in [-0.3, -0.25) is 0 Å². The van der Waals surface area contributed by atoms with Crippen molar-refractivity contribution in [3.05, 3.63) is 11.6 Å². The van der Waals surface area contributed by atoms with E-state index in [1.54, 1.807) is 0 Å². The van der Waals surface area contributed by atoms with Gasteiger partial charge in [0.15, 0.2) is 11.8 Å². The first-order valence-electron chi connectivity index (χ1n) is 9.07. The van der Waals surface area contributed by atoms with Crippen LogP contribution >= 0.6 is 24.0 Å². The first-order chi connectivity index (χ1) is 11.2. The Labute approximate surface area is 163 Å². The molecule has 2 N–H and O–H groups in total. The van der Waals surface area contributed by atoms with Crippen molar-refractivity contribution in [2.24, 2.45) is 18.0 Å². The molecule has 0 aromatic carbocycles. The average Bonchev–Trinajstić information content (AvgIpc) is 2.89. The second-order valence-corrected chi connectivity index (χ2v) is 6.49. The molecular formula is C17H33IN6. The Balaban J connectivity index is 0.00000288. The monoisotopic (exact) mass is 448 g/mol. The van der Waals surface area contributed by atoms with E-state index in [1.165, 1.54) is 44.9 Å². The minimum Gasteiger partial charge on any atom is -0.357 e. The number of guanidine groups is 1. The predicted octanol–water partition coefficient (Wildman–Crippen LogP) is 3.16. The fourth-order valence-electron chi connectivity index (χ4n) is 3.15. The molecule has 0 spiro atoms. The molecule has 2 rings (SSSR count). The second kappa shape index (κ2) is 11.7. The molecule has 1 fully saturated rings. The molecule has 7 heteroatoms. The van der Waals surface area contributed by atoms with Gasteiger partial charge >= 0.3 is 0 Å². The van der Waals surface area contributed by atoms with Crippen molar-refractivity contribution in [2.75, 3.05) is 13.1 Å². The van der Waals surface area contributed by atoms with Crippen LogP contribution in [0.5, 0.6) is 0 Å². The number of nitrogens with one attached hydrogen (secondary N) is 2. The van der Waals surface area contributed by atoms with E-state index >= 15 is 0 Å². The van der Waals surface area contributed by atoms with Gasteiger partial charge in [-0.15, -0.1) is 34.2 Å². The fourth-order valence-corrected chi connectivity index (χ4v) is 3.15. The maximum absolute atomic E-state index is 4.61. The molecule has 0 aliphatic heterocycles. The Morgan fingerprint density at radius 1 is 1.21 bits per heavy atom. The lowest BCUT2D eigenvalue weighted by Crippen LogP contribution is -2.38. The number of aromatic nitrogens is 3. The topological polar surface area (TPSA) is 67.1 Å². The summed E-state index contributed by atoms with van der Waals surface area (Å²) in [7, 11) is 1.98. The van der Waals surface area contributed by atoms with Gasteiger partial charge in [0.1, 0.15) is 12.4 Å². The summed E-state index contributed by atoms with van der Waals surface area (Å²) in [5.74, 6) is 3.63. The van der Waals surface area contributed by atoms with Crippen LogP contribution in [-0.4, -0.2) is 33.8 Å². The molecule has 6 nitrogen and oxygen atoms in total. The third-order valence-electron chi connectivity index (χ3n) is 4.71. The molecule has 0 atom stereocenters. The Morgan fingerprint density at radius 2 is 1.96 bits per heavy atom. The molecule has 0 bridgehead atoms. The van der Waals surface area contributed by atoms with E-state index in [1.807, 2.05) is 18.5 Å². The third-order valence-corrected chi connectivity index (χ3v) is 4.71. The van der Waals surface area contributed by atoms with E-state index in [-0.39, 0.29) is 24.0 Å². The summed E-state index contributed by atoms with van der Waals surface area (Å²) in [6.07, 6.45) is 9.72. The molecule has 0 saturated heterocycles. The highest BCUT2D eigenvalue weighted by atomic mass is 127. The Bertz CT molecular complexity index is 493. The van der Waals surface area contributed by atoms with E-state index in [9.17, 15) is 0 Å². The van der Waals surface area contributed by atoms with E-state index in [0.717, 1.165) is 36.6 Å². The lowest BCUT2D eigenvalue weighted by atomic mass is 9.86. The van der Waals surface area contributed by atoms with Crippen LogP contribution in [0.4, 0.5) is 0 Å². The van der Waals surface area contributed by atoms with Crippen molar-refractivity contribution in [1.82, 2.24) is 25.4 Å². The van der Waals surface area contributed by atoms with Crippen LogP contribution in [0.25, 0.3) is 0 Å². The molecule has 1 saturated carbocycles. The largest absolute Gasteiger partial charge is 0.357 e. The lowest BCUT2D eigenvalue weighted by molar-refractivity contribution is 0.332. The minimum absolute atomic E-state index is 0. The van der Waals surface area contributed by atoms with Gasteiger partial charge in [0.2, 0.25) is 0 Å². The quantitative estimate of drug-likeness (QED) is 0.291. The number of rotatable bonds is 7. The van der Waals surface area contributed by atoms with Crippen LogP contribution in [0.15, 0.2) is 4.99 Å². The predicted molar refractivity (Wildman–Crippen MR) is 110 cm³/mol. The Hall–Kier alpha value is -0.860. The molecule has 1 heterocycles. The van der Waals surface area contributed by atoms with Gasteiger partial charge in [-0.05, 0) is 32.6 Å². The zero-order valence-corrected chi connectivity index (χ0v) is 17.7. The summed E-state index contributed by atoms with van der Waals surface area (Å²) in [5, 5.41) is 15.0. The molecule has 0 amide bonds. The van der Waals surface area contributed by atoms with Crippen molar-refractivity contribution >= 4 is 29.9 Å². The number of nitrogens with zero attached hydrogens (tertiary/aromatic N) is 4. The summed E-state index contributed by atoms with van der Waals surface area (Å²) in [4.78, 5) is 4.61. The third kappa shape index (κ3) is 6.94. The van der Waals surface area contributed by atoms with Gasteiger partial charge in [-0.1, -0.05) is 32.1 Å². The summed E-state index contributed by atoms with van der Waals surface area (Å²) < 4.78 is 1.98. The summed E-state index contributed by atoms with van der Waals surface area (Å²) in [6.45, 7) is 6.45. The van der Waals surface area contributed by atoms with Gasteiger partial charge in [-0.2, -0.15) is 0 Å². The molecule has 1 aliphatic carbocycles. The number of aryl methyl sites for hydroxylation is 1. The SMILES string of the molecule is CCNC(=NCc1nnc(C)n1C)NCCCC1CCCCC1.I. The zero-order valence-electron chi connectivity index (χ0n) is 15.3. The number of hydrogen-bond acceptors (Lipinski definition) is 3. The molecule has 24 heavy (non-hydrogen) atoms. The standard InChI is InChI=1S/C17H32N6.HI/c1-4-18-17(20-13-16-22-21-14(2)23(16)3)19-12-8-11-15-9-6-5-7-10-15;/h15H,4-13H2,1-3H3,(H2,18,19,20);1H. The average molecular weight is 448 g/mol. The van der Waals surface area contributed by atoms with Crippen LogP contribution in [0.1, 0.15) is 63.5 Å². The van der Waals surface area contributed by atoms with Crippen molar-refractivity contribution in [2.45, 2.75) is 65.3 Å². The van der Waals surface area contributed by atoms with Crippen LogP contribution in [0.3, 0.4) is 0 Å². The van der Waals surface area contributed by atoms with Crippen molar-refractivity contribution in [3.63, 3.8) is 0 Å². The number of halogens is 1. The highest BCUT2D eigenvalue weighted by Gasteiger charge is 2.12. The van der Waals surface area contributed by atoms with Crippen molar-refractivity contribution in [3.8, 4) is 0 Å². The molecule has 0 unspecified atom stereocenters. The first kappa shape index (κ1) is 21.2. The highest BCUT2D eigenvalue weighted by Crippen LogP contribution is 2.26. The van der Waals surface area contributed by atoms with Gasteiger partial charge in [0.25, 0.3) is 0 Å². The maximum atomic E-state index is 4.61. The van der Waals surface area contributed by atoms with Crippen LogP contribution in [-0.2, 0) is 13.6 Å². The highest BCUT2D eigenvalue weighted by molar-refractivity contribution is 14.0. The molecule has 0 radical (unpaired) electrons. The normalized spacial score (nSPS) is 15.9. The van der Waals surface area contributed by atoms with Gasteiger partial charge in [-0.25, -0.2) is 4.99 Å². The number of aliphatic imine (C=N–C) groups is 1. The number of hydrogen-bond donors (Lipinski definition) is 2. The Morgan fingerprint density at radius 3 is 2.58 bits per heavy atom. The van der Waals surface area contributed by atoms with Gasteiger partial charge in [0, 0.05) is 20.1 Å². The fraction of sp³-hybridized carbons (Fsp3) is 0.824. The molecule has 138 valence electrons. The van der Waals surface area contributed by atoms with Crippen LogP contribution in [0, 0.1) is 12.8 Å². The van der Waals surface area contributed by atoms with Crippen molar-refractivity contribution < 1.29 is 0 Å². The van der Waals surface area contributed by atoms with Crippen molar-refractivity contribution in [1.29, 1.82) is 0 Å². The summed E-state index contributed by atoms with van der Waals surface area (Å²) >= 11 is 0.